The van der Waals surface area contributed by atoms with Gasteiger partial charge in [-0.1, -0.05) is 12.8 Å². The van der Waals surface area contributed by atoms with Gasteiger partial charge in [-0.05, 0) is 58.0 Å². The van der Waals surface area contributed by atoms with Gasteiger partial charge in [0.15, 0.2) is 0 Å². The van der Waals surface area contributed by atoms with Crippen molar-refractivity contribution >= 4 is 5.97 Å². The van der Waals surface area contributed by atoms with Crippen molar-refractivity contribution in [3.63, 3.8) is 0 Å². The fraction of sp³-hybridized carbons (Fsp3) is 0.952. The average molecular weight is 363 g/mol. The summed E-state index contributed by atoms with van der Waals surface area (Å²) in [5.41, 5.74) is 0.394. The number of carbonyl (C=O) groups excluding carboxylic acids is 1. The van der Waals surface area contributed by atoms with E-state index in [-0.39, 0.29) is 18.0 Å². The van der Waals surface area contributed by atoms with E-state index in [1.165, 1.54) is 45.8 Å². The maximum Gasteiger partial charge on any atom is 0.311 e. The molecule has 5 fully saturated rings. The molecule has 3 unspecified atom stereocenters. The van der Waals surface area contributed by atoms with Gasteiger partial charge in [0.2, 0.25) is 0 Å². The molecule has 3 aliphatic heterocycles. The first-order chi connectivity index (χ1) is 12.6. The average Bonchev–Trinajstić information content (AvgIpc) is 3.17. The zero-order valence-corrected chi connectivity index (χ0v) is 16.4. The van der Waals surface area contributed by atoms with E-state index in [9.17, 15) is 4.79 Å². The van der Waals surface area contributed by atoms with Gasteiger partial charge in [0.1, 0.15) is 0 Å². The number of hydrogen-bond acceptors (Lipinski definition) is 5. The molecule has 5 aliphatic rings. The summed E-state index contributed by atoms with van der Waals surface area (Å²) in [6.45, 7) is 4.05. The van der Waals surface area contributed by atoms with Gasteiger partial charge in [0.25, 0.3) is 0 Å². The Labute approximate surface area is 157 Å². The molecule has 2 aliphatic carbocycles. The molecule has 0 aromatic carbocycles. The highest BCUT2D eigenvalue weighted by Crippen LogP contribution is 2.62. The van der Waals surface area contributed by atoms with Crippen LogP contribution in [0.5, 0.6) is 0 Å². The topological polar surface area (TPSA) is 50.8 Å². The van der Waals surface area contributed by atoms with E-state index in [4.69, 9.17) is 9.47 Å². The summed E-state index contributed by atoms with van der Waals surface area (Å²) in [7, 11) is 3.83. The monoisotopic (exact) mass is 362 g/mol. The van der Waals surface area contributed by atoms with E-state index in [1.54, 1.807) is 0 Å². The minimum Gasteiger partial charge on any atom is -0.469 e. The van der Waals surface area contributed by atoms with Crippen LogP contribution in [0.2, 0.25) is 0 Å². The van der Waals surface area contributed by atoms with Crippen LogP contribution in [-0.4, -0.2) is 62.4 Å². The van der Waals surface area contributed by atoms with Crippen LogP contribution in [0, 0.1) is 29.1 Å². The molecule has 0 radical (unpaired) electrons. The fourth-order valence-electron chi connectivity index (χ4n) is 7.94. The molecule has 0 aromatic heterocycles. The van der Waals surface area contributed by atoms with Crippen LogP contribution in [0.4, 0.5) is 0 Å². The molecule has 1 spiro atoms. The first-order valence-corrected chi connectivity index (χ1v) is 10.7. The molecule has 3 heterocycles. The molecule has 5 rings (SSSR count). The molecule has 3 saturated heterocycles. The molecule has 9 atom stereocenters. The van der Waals surface area contributed by atoms with Crippen LogP contribution in [0.3, 0.4) is 0 Å². The van der Waals surface area contributed by atoms with E-state index in [0.29, 0.717) is 35.4 Å². The maximum atomic E-state index is 12.6. The van der Waals surface area contributed by atoms with E-state index < -0.39 is 0 Å². The molecule has 5 nitrogen and oxygen atoms in total. The lowest BCUT2D eigenvalue weighted by molar-refractivity contribution is -0.176. The third-order valence-corrected chi connectivity index (χ3v) is 8.94. The number of fused-ring (bicyclic) bond motifs is 3. The largest absolute Gasteiger partial charge is 0.469 e. The second-order valence-electron chi connectivity index (χ2n) is 9.65. The van der Waals surface area contributed by atoms with Gasteiger partial charge in [-0.25, -0.2) is 0 Å². The Morgan fingerprint density at radius 2 is 2.08 bits per heavy atom. The van der Waals surface area contributed by atoms with Crippen LogP contribution < -0.4 is 5.32 Å². The Morgan fingerprint density at radius 3 is 2.88 bits per heavy atom. The van der Waals surface area contributed by atoms with Crippen LogP contribution in [0.15, 0.2) is 0 Å². The summed E-state index contributed by atoms with van der Waals surface area (Å²) in [6.07, 6.45) is 7.88. The standard InChI is InChI=1S/C21H34N2O3/c1-12-18(20(24)25-3)13-10-17-21(8-9-23(17)2)15-6-4-5-7-16(15)22-19(21)14(13)11-26-12/h12-19,22H,4-11H2,1-3H3/t12-,13-,14-,15?,16?,17+,18+,19+,21?/m1/s1. The molecule has 2 saturated carbocycles. The molecule has 1 N–H and O–H groups in total. The Balaban J connectivity index is 1.54. The van der Waals surface area contributed by atoms with E-state index >= 15 is 0 Å². The Kier molecular flexibility index (Phi) is 4.15. The third kappa shape index (κ3) is 2.17. The molecule has 5 heteroatoms. The van der Waals surface area contributed by atoms with Crippen LogP contribution in [-0.2, 0) is 14.3 Å². The van der Waals surface area contributed by atoms with Crippen molar-refractivity contribution in [3.8, 4) is 0 Å². The van der Waals surface area contributed by atoms with Crippen molar-refractivity contribution in [1.29, 1.82) is 0 Å². The summed E-state index contributed by atoms with van der Waals surface area (Å²) in [6, 6.07) is 1.79. The molecular formula is C21H34N2O3. The van der Waals surface area contributed by atoms with Gasteiger partial charge in [0, 0.05) is 29.5 Å². The minimum atomic E-state index is -0.116. The van der Waals surface area contributed by atoms with Crippen molar-refractivity contribution in [2.75, 3.05) is 27.3 Å². The zero-order valence-electron chi connectivity index (χ0n) is 16.4. The molecule has 0 amide bonds. The summed E-state index contributed by atoms with van der Waals surface area (Å²) >= 11 is 0. The van der Waals surface area contributed by atoms with Crippen molar-refractivity contribution in [1.82, 2.24) is 10.2 Å². The lowest BCUT2D eigenvalue weighted by atomic mass is 9.52. The highest BCUT2D eigenvalue weighted by atomic mass is 16.5. The summed E-state index contributed by atoms with van der Waals surface area (Å²) in [5.74, 6) is 1.45. The van der Waals surface area contributed by atoms with Gasteiger partial charge in [-0.2, -0.15) is 0 Å². The summed E-state index contributed by atoms with van der Waals surface area (Å²) in [4.78, 5) is 15.2. The number of carbonyl (C=O) groups is 1. The number of nitrogens with zero attached hydrogens (tertiary/aromatic N) is 1. The second kappa shape index (κ2) is 6.18. The smallest absolute Gasteiger partial charge is 0.311 e. The van der Waals surface area contributed by atoms with E-state index in [0.717, 1.165) is 18.9 Å². The second-order valence-corrected chi connectivity index (χ2v) is 9.65. The molecule has 0 bridgehead atoms. The normalized spacial score (nSPS) is 53.3. The van der Waals surface area contributed by atoms with Gasteiger partial charge >= 0.3 is 5.97 Å². The summed E-state index contributed by atoms with van der Waals surface area (Å²) in [5, 5.41) is 4.11. The lowest BCUT2D eigenvalue weighted by Gasteiger charge is -2.56. The molecule has 146 valence electrons. The van der Waals surface area contributed by atoms with E-state index in [1.807, 2.05) is 0 Å². The predicted octanol–water partition coefficient (Wildman–Crippen LogP) is 2.05. The number of esters is 1. The van der Waals surface area contributed by atoms with Crippen molar-refractivity contribution in [2.24, 2.45) is 29.1 Å². The van der Waals surface area contributed by atoms with Crippen molar-refractivity contribution < 1.29 is 14.3 Å². The van der Waals surface area contributed by atoms with E-state index in [2.05, 4.69) is 24.2 Å². The molecular weight excluding hydrogens is 328 g/mol. The number of nitrogens with one attached hydrogen (secondary N) is 1. The predicted molar refractivity (Wildman–Crippen MR) is 98.7 cm³/mol. The highest BCUT2D eigenvalue weighted by molar-refractivity contribution is 5.73. The third-order valence-electron chi connectivity index (χ3n) is 8.94. The van der Waals surface area contributed by atoms with Crippen molar-refractivity contribution in [3.05, 3.63) is 0 Å². The SMILES string of the molecule is COC(=O)[C@@H]1[C@@H]2C[C@@H]3N(C)CCC34C3CCCCC3N[C@H]4[C@@H]2CO[C@@H]1C. The van der Waals surface area contributed by atoms with Crippen LogP contribution in [0.25, 0.3) is 0 Å². The van der Waals surface area contributed by atoms with Crippen LogP contribution >= 0.6 is 0 Å². The number of likely N-dealkylation sites (tertiary alicyclic amines) is 1. The molecule has 26 heavy (non-hydrogen) atoms. The number of methoxy groups -OCH3 is 1. The Hall–Kier alpha value is -0.650. The minimum absolute atomic E-state index is 0.0356. The Morgan fingerprint density at radius 1 is 1.27 bits per heavy atom. The van der Waals surface area contributed by atoms with Gasteiger partial charge in [-0.3, -0.25) is 4.79 Å². The number of rotatable bonds is 1. The van der Waals surface area contributed by atoms with Gasteiger partial charge < -0.3 is 19.7 Å². The lowest BCUT2D eigenvalue weighted by Crippen LogP contribution is -2.63. The zero-order chi connectivity index (χ0) is 18.1. The Bertz CT molecular complexity index is 584. The molecule has 0 aromatic rings. The number of hydrogen-bond donors (Lipinski definition) is 1. The quantitative estimate of drug-likeness (QED) is 0.724. The first-order valence-electron chi connectivity index (χ1n) is 10.7. The highest BCUT2D eigenvalue weighted by Gasteiger charge is 2.68. The van der Waals surface area contributed by atoms with Crippen LogP contribution in [0.1, 0.15) is 45.4 Å². The van der Waals surface area contributed by atoms with Gasteiger partial charge in [0.05, 0.1) is 25.7 Å². The first kappa shape index (κ1) is 17.4. The van der Waals surface area contributed by atoms with Gasteiger partial charge in [-0.15, -0.1) is 0 Å². The van der Waals surface area contributed by atoms with Crippen molar-refractivity contribution in [2.45, 2.75) is 69.7 Å². The summed E-state index contributed by atoms with van der Waals surface area (Å²) < 4.78 is 11.4. The fourth-order valence-corrected chi connectivity index (χ4v) is 7.94. The maximum absolute atomic E-state index is 12.6. The number of ether oxygens (including phenoxy) is 2.